The van der Waals surface area contributed by atoms with Gasteiger partial charge in [0.25, 0.3) is 5.91 Å². The van der Waals surface area contributed by atoms with Crippen LogP contribution in [0, 0.1) is 13.8 Å². The van der Waals surface area contributed by atoms with E-state index >= 15 is 0 Å². The van der Waals surface area contributed by atoms with Crippen molar-refractivity contribution in [2.24, 2.45) is 0 Å². The highest BCUT2D eigenvalue weighted by Gasteiger charge is 2.10. The van der Waals surface area contributed by atoms with E-state index in [1.54, 1.807) is 0 Å². The summed E-state index contributed by atoms with van der Waals surface area (Å²) in [4.78, 5) is 17.2. The number of nitrogens with one attached hydrogen (secondary N) is 1. The number of para-hydroxylation sites is 2. The molecule has 5 nitrogen and oxygen atoms in total. The third-order valence-electron chi connectivity index (χ3n) is 6.58. The Balaban J connectivity index is 1.22. The molecule has 0 fully saturated rings. The Labute approximate surface area is 228 Å². The van der Waals surface area contributed by atoms with Crippen LogP contribution in [0.4, 0.5) is 0 Å². The topological polar surface area (TPSA) is 56.1 Å². The standard InChI is InChI=1S/C31H36BrN3O2/c1-23-13-14-24(2)29(22-23)37-21-9-8-20-35-28-11-6-5-10-27(28)34-30(35)12-4-3-7-19-33-31(36)25-15-17-26(32)18-16-25/h5-6,10-11,13-18,22H,3-4,7-9,12,19-21H2,1-2H3,(H,33,36). The van der Waals surface area contributed by atoms with Crippen molar-refractivity contribution < 1.29 is 9.53 Å². The largest absolute Gasteiger partial charge is 0.493 e. The zero-order valence-corrected chi connectivity index (χ0v) is 23.4. The number of fused-ring (bicyclic) bond motifs is 1. The molecular weight excluding hydrogens is 526 g/mol. The Hall–Kier alpha value is -3.12. The molecule has 37 heavy (non-hydrogen) atoms. The van der Waals surface area contributed by atoms with Crippen molar-refractivity contribution in [2.45, 2.75) is 58.9 Å². The molecule has 1 aromatic heterocycles. The number of hydrogen-bond acceptors (Lipinski definition) is 3. The quantitative estimate of drug-likeness (QED) is 0.173. The summed E-state index contributed by atoms with van der Waals surface area (Å²) in [7, 11) is 0. The van der Waals surface area contributed by atoms with Gasteiger partial charge in [0.15, 0.2) is 0 Å². The SMILES string of the molecule is Cc1ccc(C)c(OCCCCn2c(CCCCCNC(=O)c3ccc(Br)cc3)nc3ccccc32)c1. The van der Waals surface area contributed by atoms with E-state index in [-0.39, 0.29) is 5.91 Å². The summed E-state index contributed by atoms with van der Waals surface area (Å²) in [6.45, 7) is 6.53. The van der Waals surface area contributed by atoms with Crippen LogP contribution in [-0.4, -0.2) is 28.6 Å². The number of nitrogens with zero attached hydrogens (tertiary/aromatic N) is 2. The molecule has 1 heterocycles. The summed E-state index contributed by atoms with van der Waals surface area (Å²) in [5.74, 6) is 2.12. The van der Waals surface area contributed by atoms with Gasteiger partial charge in [-0.25, -0.2) is 4.98 Å². The maximum atomic E-state index is 12.3. The molecule has 4 rings (SSSR count). The van der Waals surface area contributed by atoms with Gasteiger partial charge in [-0.2, -0.15) is 0 Å². The Morgan fingerprint density at radius 3 is 2.59 bits per heavy atom. The Morgan fingerprint density at radius 1 is 0.946 bits per heavy atom. The first-order valence-electron chi connectivity index (χ1n) is 13.2. The summed E-state index contributed by atoms with van der Waals surface area (Å²) in [5.41, 5.74) is 5.36. The molecule has 0 unspecified atom stereocenters. The lowest BCUT2D eigenvalue weighted by molar-refractivity contribution is 0.0953. The van der Waals surface area contributed by atoms with Crippen LogP contribution in [0.1, 0.15) is 59.4 Å². The molecule has 0 aliphatic carbocycles. The Bertz CT molecular complexity index is 1310. The van der Waals surface area contributed by atoms with Gasteiger partial charge >= 0.3 is 0 Å². The van der Waals surface area contributed by atoms with E-state index in [9.17, 15) is 4.79 Å². The number of unbranched alkanes of at least 4 members (excludes halogenated alkanes) is 3. The molecule has 0 aliphatic heterocycles. The first-order valence-corrected chi connectivity index (χ1v) is 14.0. The summed E-state index contributed by atoms with van der Waals surface area (Å²) in [6, 6.07) is 22.2. The van der Waals surface area contributed by atoms with Crippen LogP contribution in [0.15, 0.2) is 71.2 Å². The van der Waals surface area contributed by atoms with E-state index in [0.717, 1.165) is 73.2 Å². The molecule has 0 spiro atoms. The van der Waals surface area contributed by atoms with Gasteiger partial charge in [-0.15, -0.1) is 0 Å². The number of carbonyl (C=O) groups excluding carboxylic acids is 1. The maximum Gasteiger partial charge on any atom is 0.251 e. The van der Waals surface area contributed by atoms with E-state index in [1.807, 2.05) is 24.3 Å². The smallest absolute Gasteiger partial charge is 0.251 e. The minimum absolute atomic E-state index is 0.0177. The van der Waals surface area contributed by atoms with Crippen molar-refractivity contribution in [1.82, 2.24) is 14.9 Å². The van der Waals surface area contributed by atoms with Crippen LogP contribution < -0.4 is 10.1 Å². The predicted octanol–water partition coefficient (Wildman–Crippen LogP) is 7.42. The molecule has 0 aliphatic rings. The highest BCUT2D eigenvalue weighted by Crippen LogP contribution is 2.21. The number of ether oxygens (including phenoxy) is 1. The van der Waals surface area contributed by atoms with Crippen LogP contribution >= 0.6 is 15.9 Å². The molecule has 0 bridgehead atoms. The number of aromatic nitrogens is 2. The van der Waals surface area contributed by atoms with E-state index in [0.29, 0.717) is 12.1 Å². The molecule has 1 N–H and O–H groups in total. The fourth-order valence-corrected chi connectivity index (χ4v) is 4.74. The number of benzene rings is 3. The third-order valence-corrected chi connectivity index (χ3v) is 7.11. The van der Waals surface area contributed by atoms with Crippen LogP contribution in [0.25, 0.3) is 11.0 Å². The predicted molar refractivity (Wildman–Crippen MR) is 154 cm³/mol. The number of aryl methyl sites for hydroxylation is 4. The van der Waals surface area contributed by atoms with Crippen LogP contribution in [0.3, 0.4) is 0 Å². The minimum Gasteiger partial charge on any atom is -0.493 e. The number of hydrogen-bond donors (Lipinski definition) is 1. The molecule has 3 aromatic carbocycles. The molecule has 0 saturated heterocycles. The summed E-state index contributed by atoms with van der Waals surface area (Å²) >= 11 is 3.40. The van der Waals surface area contributed by atoms with Crippen LogP contribution in [0.2, 0.25) is 0 Å². The summed E-state index contributed by atoms with van der Waals surface area (Å²) < 4.78 is 9.40. The second-order valence-electron chi connectivity index (χ2n) is 9.57. The first kappa shape index (κ1) is 26.9. The van der Waals surface area contributed by atoms with E-state index < -0.39 is 0 Å². The monoisotopic (exact) mass is 561 g/mol. The van der Waals surface area contributed by atoms with E-state index in [1.165, 1.54) is 16.6 Å². The lowest BCUT2D eigenvalue weighted by Gasteiger charge is -2.12. The second-order valence-corrected chi connectivity index (χ2v) is 10.5. The number of rotatable bonds is 13. The average Bonchev–Trinajstić information content (AvgIpc) is 3.25. The van der Waals surface area contributed by atoms with Crippen molar-refractivity contribution >= 4 is 32.9 Å². The minimum atomic E-state index is -0.0177. The molecule has 0 saturated carbocycles. The lowest BCUT2D eigenvalue weighted by atomic mass is 10.1. The van der Waals surface area contributed by atoms with Crippen LogP contribution in [0.5, 0.6) is 5.75 Å². The molecule has 0 atom stereocenters. The number of halogens is 1. The number of imidazole rings is 1. The van der Waals surface area contributed by atoms with Crippen molar-refractivity contribution in [3.8, 4) is 5.75 Å². The normalized spacial score (nSPS) is 11.1. The van der Waals surface area contributed by atoms with E-state index in [2.05, 4.69) is 82.1 Å². The Morgan fingerprint density at radius 2 is 1.76 bits per heavy atom. The van der Waals surface area contributed by atoms with Crippen molar-refractivity contribution in [3.05, 3.63) is 93.7 Å². The van der Waals surface area contributed by atoms with Gasteiger partial charge in [-0.1, -0.05) is 46.6 Å². The van der Waals surface area contributed by atoms with Crippen molar-refractivity contribution in [2.75, 3.05) is 13.2 Å². The second kappa shape index (κ2) is 13.4. The van der Waals surface area contributed by atoms with Gasteiger partial charge in [0.2, 0.25) is 0 Å². The lowest BCUT2D eigenvalue weighted by Crippen LogP contribution is -2.24. The molecule has 6 heteroatoms. The van der Waals surface area contributed by atoms with Gasteiger partial charge in [0.1, 0.15) is 11.6 Å². The number of carbonyl (C=O) groups is 1. The van der Waals surface area contributed by atoms with Crippen LogP contribution in [-0.2, 0) is 13.0 Å². The zero-order chi connectivity index (χ0) is 26.0. The first-order chi connectivity index (χ1) is 18.0. The van der Waals surface area contributed by atoms with E-state index in [4.69, 9.17) is 9.72 Å². The molecule has 0 radical (unpaired) electrons. The summed E-state index contributed by atoms with van der Waals surface area (Å²) in [5, 5.41) is 3.02. The molecule has 1 amide bonds. The Kier molecular flexibility index (Phi) is 9.78. The highest BCUT2D eigenvalue weighted by atomic mass is 79.9. The van der Waals surface area contributed by atoms with Gasteiger partial charge in [-0.3, -0.25) is 4.79 Å². The fourth-order valence-electron chi connectivity index (χ4n) is 4.47. The van der Waals surface area contributed by atoms with Gasteiger partial charge < -0.3 is 14.6 Å². The maximum absolute atomic E-state index is 12.3. The van der Waals surface area contributed by atoms with Crippen molar-refractivity contribution in [1.29, 1.82) is 0 Å². The average molecular weight is 563 g/mol. The van der Waals surface area contributed by atoms with Gasteiger partial charge in [0, 0.05) is 29.5 Å². The third kappa shape index (κ3) is 7.68. The zero-order valence-electron chi connectivity index (χ0n) is 21.8. The fraction of sp³-hybridized carbons (Fsp3) is 0.355. The number of amides is 1. The molecule has 194 valence electrons. The van der Waals surface area contributed by atoms with Crippen molar-refractivity contribution in [3.63, 3.8) is 0 Å². The van der Waals surface area contributed by atoms with Gasteiger partial charge in [0.05, 0.1) is 17.6 Å². The highest BCUT2D eigenvalue weighted by molar-refractivity contribution is 9.10. The van der Waals surface area contributed by atoms with Gasteiger partial charge in [-0.05, 0) is 93.1 Å². The molecule has 4 aromatic rings. The summed E-state index contributed by atoms with van der Waals surface area (Å²) in [6.07, 6.45) is 6.03. The molecular formula is C31H36BrN3O2.